The van der Waals surface area contributed by atoms with Crippen molar-refractivity contribution < 1.29 is 0 Å². The molecule has 4 rings (SSSR count). The van der Waals surface area contributed by atoms with Crippen molar-refractivity contribution >= 4 is 17.2 Å². The molecule has 0 bridgehead atoms. The van der Waals surface area contributed by atoms with Crippen molar-refractivity contribution in [3.63, 3.8) is 0 Å². The first kappa shape index (κ1) is 15.0. The van der Waals surface area contributed by atoms with Gasteiger partial charge in [-0.2, -0.15) is 5.10 Å². The van der Waals surface area contributed by atoms with Crippen molar-refractivity contribution in [2.75, 3.05) is 11.1 Å². The first-order valence-corrected chi connectivity index (χ1v) is 8.13. The third-order valence-corrected chi connectivity index (χ3v) is 3.96. The fourth-order valence-corrected chi connectivity index (χ4v) is 2.70. The number of rotatable bonds is 4. The first-order valence-electron chi connectivity index (χ1n) is 8.13. The smallest absolute Gasteiger partial charge is 0.134 e. The van der Waals surface area contributed by atoms with Gasteiger partial charge in [-0.15, -0.1) is 0 Å². The van der Waals surface area contributed by atoms with Crippen LogP contribution in [0.1, 0.15) is 0 Å². The molecule has 4 heteroatoms. The number of para-hydroxylation sites is 1. The van der Waals surface area contributed by atoms with Crippen molar-refractivity contribution in [3.8, 4) is 16.9 Å². The molecule has 4 aromatic rings. The van der Waals surface area contributed by atoms with Gasteiger partial charge < -0.3 is 11.1 Å². The number of nitrogen functional groups attached to an aromatic ring is 1. The van der Waals surface area contributed by atoms with E-state index in [0.717, 1.165) is 34.1 Å². The number of anilines is 3. The molecule has 122 valence electrons. The van der Waals surface area contributed by atoms with Gasteiger partial charge in [0.1, 0.15) is 5.82 Å². The zero-order chi connectivity index (χ0) is 17.1. The van der Waals surface area contributed by atoms with Crippen LogP contribution >= 0.6 is 0 Å². The van der Waals surface area contributed by atoms with Gasteiger partial charge in [0.15, 0.2) is 0 Å². The predicted molar refractivity (Wildman–Crippen MR) is 103 cm³/mol. The van der Waals surface area contributed by atoms with Crippen LogP contribution in [0.4, 0.5) is 17.2 Å². The van der Waals surface area contributed by atoms with E-state index in [1.54, 1.807) is 0 Å². The molecule has 25 heavy (non-hydrogen) atoms. The Balaban J connectivity index is 1.78. The normalized spacial score (nSPS) is 10.6. The van der Waals surface area contributed by atoms with Crippen LogP contribution in [0.25, 0.3) is 16.9 Å². The van der Waals surface area contributed by atoms with E-state index in [2.05, 4.69) is 23.5 Å². The zero-order valence-electron chi connectivity index (χ0n) is 13.6. The summed E-state index contributed by atoms with van der Waals surface area (Å²) in [5.74, 6) is 0.898. The van der Waals surface area contributed by atoms with Gasteiger partial charge in [0.2, 0.25) is 0 Å². The lowest BCUT2D eigenvalue weighted by atomic mass is 10.1. The van der Waals surface area contributed by atoms with Crippen molar-refractivity contribution in [2.24, 2.45) is 0 Å². The van der Waals surface area contributed by atoms with Gasteiger partial charge >= 0.3 is 0 Å². The lowest BCUT2D eigenvalue weighted by Gasteiger charge is -2.09. The molecule has 4 nitrogen and oxygen atoms in total. The summed E-state index contributed by atoms with van der Waals surface area (Å²) in [7, 11) is 0. The summed E-state index contributed by atoms with van der Waals surface area (Å²) in [5.41, 5.74) is 10.5. The van der Waals surface area contributed by atoms with Crippen LogP contribution in [-0.2, 0) is 0 Å². The highest BCUT2D eigenvalue weighted by molar-refractivity contribution is 5.68. The van der Waals surface area contributed by atoms with Gasteiger partial charge in [-0.25, -0.2) is 4.68 Å². The Morgan fingerprint density at radius 2 is 1.40 bits per heavy atom. The summed E-state index contributed by atoms with van der Waals surface area (Å²) in [6.07, 6.45) is 0. The quantitative estimate of drug-likeness (QED) is 0.526. The Kier molecular flexibility index (Phi) is 3.92. The second-order valence-corrected chi connectivity index (χ2v) is 5.78. The predicted octanol–water partition coefficient (Wildman–Crippen LogP) is 4.87. The third kappa shape index (κ3) is 3.23. The fourth-order valence-electron chi connectivity index (χ4n) is 2.70. The van der Waals surface area contributed by atoms with Crippen LogP contribution in [0, 0.1) is 0 Å². The topological polar surface area (TPSA) is 55.9 Å². The Morgan fingerprint density at radius 1 is 0.760 bits per heavy atom. The molecule has 0 fully saturated rings. The van der Waals surface area contributed by atoms with E-state index in [-0.39, 0.29) is 0 Å². The van der Waals surface area contributed by atoms with Gasteiger partial charge in [-0.05, 0) is 36.4 Å². The van der Waals surface area contributed by atoms with Crippen LogP contribution in [-0.4, -0.2) is 9.78 Å². The molecule has 0 saturated carbocycles. The Labute approximate surface area is 146 Å². The van der Waals surface area contributed by atoms with Crippen LogP contribution in [0.2, 0.25) is 0 Å². The first-order chi connectivity index (χ1) is 12.3. The second kappa shape index (κ2) is 6.53. The maximum atomic E-state index is 5.78. The molecule has 3 aromatic carbocycles. The minimum Gasteiger partial charge on any atom is -0.399 e. The van der Waals surface area contributed by atoms with E-state index in [0.29, 0.717) is 0 Å². The standard InChI is InChI=1S/C21H18N4/c22-17-11-13-18(14-12-17)23-21-15-20(16-7-3-1-4-8-16)24-25(21)19-9-5-2-6-10-19/h1-15,23H,22H2. The Morgan fingerprint density at radius 3 is 2.08 bits per heavy atom. The summed E-state index contributed by atoms with van der Waals surface area (Å²) in [5, 5.41) is 8.23. The maximum absolute atomic E-state index is 5.78. The molecule has 0 atom stereocenters. The largest absolute Gasteiger partial charge is 0.399 e. The van der Waals surface area contributed by atoms with E-state index in [4.69, 9.17) is 10.8 Å². The molecule has 0 unspecified atom stereocenters. The number of hydrogen-bond acceptors (Lipinski definition) is 3. The van der Waals surface area contributed by atoms with Gasteiger partial charge in [0, 0.05) is 23.0 Å². The highest BCUT2D eigenvalue weighted by Crippen LogP contribution is 2.27. The van der Waals surface area contributed by atoms with Crippen LogP contribution in [0.5, 0.6) is 0 Å². The fraction of sp³-hybridized carbons (Fsp3) is 0. The molecule has 0 saturated heterocycles. The van der Waals surface area contributed by atoms with Crippen molar-refractivity contribution in [3.05, 3.63) is 91.0 Å². The molecule has 0 spiro atoms. The molecule has 0 aliphatic carbocycles. The Hall–Kier alpha value is -3.53. The number of hydrogen-bond donors (Lipinski definition) is 2. The van der Waals surface area contributed by atoms with E-state index in [9.17, 15) is 0 Å². The maximum Gasteiger partial charge on any atom is 0.134 e. The zero-order valence-corrected chi connectivity index (χ0v) is 13.6. The van der Waals surface area contributed by atoms with Gasteiger partial charge in [0.25, 0.3) is 0 Å². The summed E-state index contributed by atoms with van der Waals surface area (Å²) in [6.45, 7) is 0. The van der Waals surface area contributed by atoms with Crippen molar-refractivity contribution in [2.45, 2.75) is 0 Å². The lowest BCUT2D eigenvalue weighted by Crippen LogP contribution is -2.02. The number of nitrogens with two attached hydrogens (primary N) is 1. The highest BCUT2D eigenvalue weighted by Gasteiger charge is 2.11. The second-order valence-electron chi connectivity index (χ2n) is 5.78. The number of aromatic nitrogens is 2. The average Bonchev–Trinajstić information content (AvgIpc) is 3.09. The molecule has 3 N–H and O–H groups in total. The van der Waals surface area contributed by atoms with Gasteiger partial charge in [-0.1, -0.05) is 48.5 Å². The minimum absolute atomic E-state index is 0.743. The molecule has 1 aromatic heterocycles. The summed E-state index contributed by atoms with van der Waals surface area (Å²) < 4.78 is 1.92. The Bertz CT molecular complexity index is 958. The van der Waals surface area contributed by atoms with Crippen molar-refractivity contribution in [1.29, 1.82) is 0 Å². The minimum atomic E-state index is 0.743. The van der Waals surface area contributed by atoms with Crippen molar-refractivity contribution in [1.82, 2.24) is 9.78 Å². The molecule has 0 radical (unpaired) electrons. The summed E-state index contributed by atoms with van der Waals surface area (Å²) in [6, 6.07) is 30.0. The number of nitrogens with zero attached hydrogens (tertiary/aromatic N) is 2. The van der Waals surface area contributed by atoms with E-state index < -0.39 is 0 Å². The van der Waals surface area contributed by atoms with Crippen LogP contribution in [0.3, 0.4) is 0 Å². The van der Waals surface area contributed by atoms with E-state index in [1.165, 1.54) is 0 Å². The summed E-state index contributed by atoms with van der Waals surface area (Å²) >= 11 is 0. The van der Waals surface area contributed by atoms with Gasteiger partial charge in [-0.3, -0.25) is 0 Å². The lowest BCUT2D eigenvalue weighted by molar-refractivity contribution is 0.892. The molecule has 0 amide bonds. The SMILES string of the molecule is Nc1ccc(Nc2cc(-c3ccccc3)nn2-c2ccccc2)cc1. The van der Waals surface area contributed by atoms with Gasteiger partial charge in [0.05, 0.1) is 11.4 Å². The van der Waals surface area contributed by atoms with E-state index in [1.807, 2.05) is 77.5 Å². The molecular formula is C21H18N4. The van der Waals surface area contributed by atoms with Crippen LogP contribution < -0.4 is 11.1 Å². The average molecular weight is 326 g/mol. The van der Waals surface area contributed by atoms with Crippen LogP contribution in [0.15, 0.2) is 91.0 Å². The molecule has 1 heterocycles. The highest BCUT2D eigenvalue weighted by atomic mass is 15.3. The molecule has 0 aliphatic rings. The summed E-state index contributed by atoms with van der Waals surface area (Å²) in [4.78, 5) is 0. The van der Waals surface area contributed by atoms with E-state index >= 15 is 0 Å². The number of nitrogens with one attached hydrogen (secondary N) is 1. The monoisotopic (exact) mass is 326 g/mol. The molecule has 0 aliphatic heterocycles. The number of benzene rings is 3. The molecular weight excluding hydrogens is 308 g/mol. The third-order valence-electron chi connectivity index (χ3n) is 3.96.